The van der Waals surface area contributed by atoms with E-state index in [1.165, 1.54) is 0 Å². The van der Waals surface area contributed by atoms with Gasteiger partial charge in [-0.15, -0.1) is 0 Å². The molecule has 1 N–H and O–H groups in total. The van der Waals surface area contributed by atoms with Crippen molar-refractivity contribution in [2.75, 3.05) is 25.0 Å². The third-order valence-corrected chi connectivity index (χ3v) is 4.22. The summed E-state index contributed by atoms with van der Waals surface area (Å²) in [5.41, 5.74) is 0.700. The Morgan fingerprint density at radius 2 is 2.05 bits per heavy atom. The molecule has 6 heteroatoms. The number of halogens is 2. The van der Waals surface area contributed by atoms with E-state index in [2.05, 4.69) is 32.2 Å². The maximum atomic E-state index is 14.1. The smallest absolute Gasteiger partial charge is 0.161 e. The minimum absolute atomic E-state index is 0.194. The molecule has 0 aliphatic carbocycles. The Labute approximate surface area is 125 Å². The van der Waals surface area contributed by atoms with Crippen molar-refractivity contribution in [3.8, 4) is 12.1 Å². The summed E-state index contributed by atoms with van der Waals surface area (Å²) in [7, 11) is 0. The normalized spacial score (nSPS) is 16.4. The topological polar surface area (TPSA) is 62.9 Å². The third kappa shape index (κ3) is 3.27. The number of benzene rings is 1. The van der Waals surface area contributed by atoms with Crippen LogP contribution >= 0.6 is 15.9 Å². The van der Waals surface area contributed by atoms with Gasteiger partial charge in [-0.2, -0.15) is 10.5 Å². The fourth-order valence-electron chi connectivity index (χ4n) is 2.30. The second-order valence-corrected chi connectivity index (χ2v) is 5.55. The second-order valence-electron chi connectivity index (χ2n) is 4.75. The highest BCUT2D eigenvalue weighted by Crippen LogP contribution is 2.28. The first-order valence-electron chi connectivity index (χ1n) is 6.39. The highest BCUT2D eigenvalue weighted by atomic mass is 79.9. The molecular formula is C14H14BrFN4. The molecule has 1 aliphatic heterocycles. The van der Waals surface area contributed by atoms with E-state index in [-0.39, 0.29) is 16.1 Å². The summed E-state index contributed by atoms with van der Waals surface area (Å²) in [6.07, 6.45) is 1.75. The lowest BCUT2D eigenvalue weighted by atomic mass is 10.0. The Kier molecular flexibility index (Phi) is 4.94. The van der Waals surface area contributed by atoms with Gasteiger partial charge in [-0.1, -0.05) is 0 Å². The fraction of sp³-hybridized carbons (Fsp3) is 0.429. The van der Waals surface area contributed by atoms with E-state index in [4.69, 9.17) is 10.5 Å². The molecule has 0 unspecified atom stereocenters. The standard InChI is InChI=1S/C14H14BrFN4/c15-13-10(9-18)1-2-12(14(13)16)19-11-3-6-20(7-4-11)8-5-17/h1-2,11,19H,3-4,6-8H2. The molecular weight excluding hydrogens is 323 g/mol. The molecule has 0 radical (unpaired) electrons. The van der Waals surface area contributed by atoms with Gasteiger partial charge in [0.1, 0.15) is 6.07 Å². The summed E-state index contributed by atoms with van der Waals surface area (Å²) < 4.78 is 14.3. The van der Waals surface area contributed by atoms with Gasteiger partial charge in [0.25, 0.3) is 0 Å². The average molecular weight is 337 g/mol. The van der Waals surface area contributed by atoms with Crippen molar-refractivity contribution in [3.05, 3.63) is 28.0 Å². The number of nitrogens with one attached hydrogen (secondary N) is 1. The minimum atomic E-state index is -0.427. The first kappa shape index (κ1) is 14.8. The van der Waals surface area contributed by atoms with E-state index < -0.39 is 5.82 Å². The number of hydrogen-bond donors (Lipinski definition) is 1. The summed E-state index contributed by atoms with van der Waals surface area (Å²) in [5.74, 6) is -0.427. The first-order valence-corrected chi connectivity index (χ1v) is 7.19. The Balaban J connectivity index is 2.01. The van der Waals surface area contributed by atoms with Crippen molar-refractivity contribution in [2.45, 2.75) is 18.9 Å². The maximum Gasteiger partial charge on any atom is 0.161 e. The van der Waals surface area contributed by atoms with Gasteiger partial charge in [-0.25, -0.2) is 4.39 Å². The summed E-state index contributed by atoms with van der Waals surface area (Å²) in [4.78, 5) is 2.09. The predicted octanol–water partition coefficient (Wildman–Crippen LogP) is 2.86. The average Bonchev–Trinajstić information content (AvgIpc) is 2.46. The molecule has 0 saturated carbocycles. The van der Waals surface area contributed by atoms with Gasteiger partial charge in [0.15, 0.2) is 5.82 Å². The van der Waals surface area contributed by atoms with Crippen molar-refractivity contribution in [1.82, 2.24) is 4.90 Å². The molecule has 4 nitrogen and oxygen atoms in total. The zero-order valence-corrected chi connectivity index (χ0v) is 12.5. The van der Waals surface area contributed by atoms with Crippen molar-refractivity contribution >= 4 is 21.6 Å². The van der Waals surface area contributed by atoms with Gasteiger partial charge in [-0.05, 0) is 40.9 Å². The molecule has 20 heavy (non-hydrogen) atoms. The minimum Gasteiger partial charge on any atom is -0.380 e. The number of likely N-dealkylation sites (tertiary alicyclic amines) is 1. The third-order valence-electron chi connectivity index (χ3n) is 3.44. The number of hydrogen-bond acceptors (Lipinski definition) is 4. The van der Waals surface area contributed by atoms with Gasteiger partial charge >= 0.3 is 0 Å². The zero-order chi connectivity index (χ0) is 14.5. The summed E-state index contributed by atoms with van der Waals surface area (Å²) in [6, 6.07) is 7.46. The second kappa shape index (κ2) is 6.69. The lowest BCUT2D eigenvalue weighted by molar-refractivity contribution is 0.242. The van der Waals surface area contributed by atoms with Crippen LogP contribution in [0.25, 0.3) is 0 Å². The molecule has 1 saturated heterocycles. The Hall–Kier alpha value is -1.63. The molecule has 2 rings (SSSR count). The summed E-state index contributed by atoms with van der Waals surface area (Å²) >= 11 is 3.10. The van der Waals surface area contributed by atoms with Crippen LogP contribution in [0, 0.1) is 28.5 Å². The lowest BCUT2D eigenvalue weighted by Gasteiger charge is -2.31. The number of nitriles is 2. The molecule has 1 aromatic rings. The number of rotatable bonds is 3. The number of piperidine rings is 1. The largest absolute Gasteiger partial charge is 0.380 e. The molecule has 0 aromatic heterocycles. The quantitative estimate of drug-likeness (QED) is 0.862. The Bertz CT molecular complexity index is 568. The monoisotopic (exact) mass is 336 g/mol. The molecule has 0 atom stereocenters. The molecule has 0 bridgehead atoms. The molecule has 1 aliphatic rings. The van der Waals surface area contributed by atoms with E-state index in [1.807, 2.05) is 6.07 Å². The Morgan fingerprint density at radius 3 is 2.65 bits per heavy atom. The molecule has 1 aromatic carbocycles. The maximum absolute atomic E-state index is 14.1. The van der Waals surface area contributed by atoms with Crippen LogP contribution in [0.4, 0.5) is 10.1 Å². The van der Waals surface area contributed by atoms with Crippen molar-refractivity contribution in [1.29, 1.82) is 10.5 Å². The molecule has 1 fully saturated rings. The van der Waals surface area contributed by atoms with Gasteiger partial charge in [0, 0.05) is 19.1 Å². The molecule has 0 spiro atoms. The molecule has 0 amide bonds. The van der Waals surface area contributed by atoms with Crippen LogP contribution in [0.3, 0.4) is 0 Å². The van der Waals surface area contributed by atoms with Gasteiger partial charge < -0.3 is 5.32 Å². The van der Waals surface area contributed by atoms with Crippen LogP contribution < -0.4 is 5.32 Å². The SMILES string of the molecule is N#CCN1CCC(Nc2ccc(C#N)c(Br)c2F)CC1. The number of anilines is 1. The van der Waals surface area contributed by atoms with E-state index in [9.17, 15) is 4.39 Å². The van der Waals surface area contributed by atoms with E-state index in [1.54, 1.807) is 12.1 Å². The van der Waals surface area contributed by atoms with Crippen molar-refractivity contribution in [3.63, 3.8) is 0 Å². The van der Waals surface area contributed by atoms with E-state index >= 15 is 0 Å². The highest BCUT2D eigenvalue weighted by Gasteiger charge is 2.20. The van der Waals surface area contributed by atoms with Gasteiger partial charge in [-0.3, -0.25) is 4.90 Å². The van der Waals surface area contributed by atoms with Gasteiger partial charge in [0.05, 0.1) is 28.3 Å². The van der Waals surface area contributed by atoms with Crippen molar-refractivity contribution in [2.24, 2.45) is 0 Å². The lowest BCUT2D eigenvalue weighted by Crippen LogP contribution is -2.39. The van der Waals surface area contributed by atoms with Crippen LogP contribution in [0.2, 0.25) is 0 Å². The van der Waals surface area contributed by atoms with E-state index in [0.29, 0.717) is 12.2 Å². The first-order chi connectivity index (χ1) is 9.65. The Morgan fingerprint density at radius 1 is 1.35 bits per heavy atom. The van der Waals surface area contributed by atoms with Crippen molar-refractivity contribution < 1.29 is 4.39 Å². The fourth-order valence-corrected chi connectivity index (χ4v) is 2.74. The zero-order valence-electron chi connectivity index (χ0n) is 10.9. The van der Waals surface area contributed by atoms with Crippen LogP contribution in [-0.4, -0.2) is 30.6 Å². The van der Waals surface area contributed by atoms with Crippen LogP contribution in [0.15, 0.2) is 16.6 Å². The summed E-state index contributed by atoms with van der Waals surface area (Å²) in [6.45, 7) is 2.12. The van der Waals surface area contributed by atoms with Crippen LogP contribution in [0.5, 0.6) is 0 Å². The van der Waals surface area contributed by atoms with Crippen LogP contribution in [0.1, 0.15) is 18.4 Å². The van der Waals surface area contributed by atoms with E-state index in [0.717, 1.165) is 25.9 Å². The highest BCUT2D eigenvalue weighted by molar-refractivity contribution is 9.10. The van der Waals surface area contributed by atoms with Gasteiger partial charge in [0.2, 0.25) is 0 Å². The molecule has 1 heterocycles. The number of nitrogens with zero attached hydrogens (tertiary/aromatic N) is 3. The summed E-state index contributed by atoms with van der Waals surface area (Å²) in [5, 5.41) is 20.7. The van der Waals surface area contributed by atoms with Crippen LogP contribution in [-0.2, 0) is 0 Å². The predicted molar refractivity (Wildman–Crippen MR) is 77.5 cm³/mol. The molecule has 104 valence electrons.